The molecular formula is C19H27NO3. The van der Waals surface area contributed by atoms with E-state index in [0.717, 1.165) is 12.2 Å². The molecule has 0 spiro atoms. The fourth-order valence-corrected chi connectivity index (χ4v) is 3.84. The molecule has 1 aliphatic heterocycles. The van der Waals surface area contributed by atoms with Crippen molar-refractivity contribution in [1.82, 2.24) is 4.90 Å². The summed E-state index contributed by atoms with van der Waals surface area (Å²) in [4.78, 5) is 14.1. The number of methoxy groups -OCH3 is 1. The van der Waals surface area contributed by atoms with Crippen LogP contribution in [0.4, 0.5) is 0 Å². The van der Waals surface area contributed by atoms with Crippen LogP contribution in [0.25, 0.3) is 0 Å². The number of hydrogen-bond donors (Lipinski definition) is 0. The highest BCUT2D eigenvalue weighted by Crippen LogP contribution is 2.29. The molecule has 0 N–H and O–H groups in total. The smallest absolute Gasteiger partial charge is 0.337 e. The molecule has 1 heterocycles. The van der Waals surface area contributed by atoms with Gasteiger partial charge >= 0.3 is 5.97 Å². The summed E-state index contributed by atoms with van der Waals surface area (Å²) in [6.45, 7) is 2.43. The third-order valence-electron chi connectivity index (χ3n) is 5.09. The number of nitrogens with zero attached hydrogens (tertiary/aromatic N) is 1. The largest absolute Gasteiger partial charge is 0.489 e. The van der Waals surface area contributed by atoms with Crippen molar-refractivity contribution in [1.29, 1.82) is 0 Å². The van der Waals surface area contributed by atoms with Crippen molar-refractivity contribution in [2.45, 2.75) is 57.1 Å². The van der Waals surface area contributed by atoms with Crippen LogP contribution in [0.1, 0.15) is 55.3 Å². The van der Waals surface area contributed by atoms with E-state index in [0.29, 0.717) is 11.6 Å². The fourth-order valence-electron chi connectivity index (χ4n) is 3.84. The summed E-state index contributed by atoms with van der Waals surface area (Å²) in [7, 11) is 1.40. The second kappa shape index (κ2) is 7.82. The van der Waals surface area contributed by atoms with Gasteiger partial charge in [-0.2, -0.15) is 0 Å². The number of carbonyl (C=O) groups excluding carboxylic acids is 1. The number of rotatable bonds is 4. The molecule has 0 amide bonds. The number of carbonyl (C=O) groups is 1. The molecule has 126 valence electrons. The van der Waals surface area contributed by atoms with Crippen molar-refractivity contribution >= 4 is 5.97 Å². The highest BCUT2D eigenvalue weighted by molar-refractivity contribution is 5.89. The molecule has 1 aromatic carbocycles. The summed E-state index contributed by atoms with van der Waals surface area (Å²) in [5, 5.41) is 0. The maximum Gasteiger partial charge on any atom is 0.337 e. The Morgan fingerprint density at radius 2 is 1.70 bits per heavy atom. The predicted molar refractivity (Wildman–Crippen MR) is 89.9 cm³/mol. The first-order chi connectivity index (χ1) is 11.3. The van der Waals surface area contributed by atoms with Crippen LogP contribution in [-0.4, -0.2) is 43.2 Å². The molecule has 1 aromatic rings. The standard InChI is InChI=1S/C19H27NO3/c1-22-19(21)15-9-11-16(12-10-15)23-18-8-4-3-7-17(18)20-13-5-2-6-14-20/h9-12,17-18H,2-8,13-14H2,1H3. The molecule has 1 aliphatic carbocycles. The summed E-state index contributed by atoms with van der Waals surface area (Å²) in [6.07, 6.45) is 9.19. The number of likely N-dealkylation sites (tertiary alicyclic amines) is 1. The van der Waals surface area contributed by atoms with E-state index in [1.54, 1.807) is 12.1 Å². The SMILES string of the molecule is COC(=O)c1ccc(OC2CCCCC2N2CCCCC2)cc1. The van der Waals surface area contributed by atoms with Crippen LogP contribution in [0.5, 0.6) is 5.75 Å². The van der Waals surface area contributed by atoms with E-state index in [2.05, 4.69) is 4.90 Å². The second-order valence-corrected chi connectivity index (χ2v) is 6.62. The van der Waals surface area contributed by atoms with Crippen LogP contribution >= 0.6 is 0 Å². The van der Waals surface area contributed by atoms with Crippen LogP contribution in [0.2, 0.25) is 0 Å². The first kappa shape index (κ1) is 16.3. The summed E-state index contributed by atoms with van der Waals surface area (Å²) in [5.74, 6) is 0.548. The summed E-state index contributed by atoms with van der Waals surface area (Å²) >= 11 is 0. The van der Waals surface area contributed by atoms with Crippen LogP contribution in [-0.2, 0) is 4.74 Å². The topological polar surface area (TPSA) is 38.8 Å². The van der Waals surface area contributed by atoms with E-state index in [4.69, 9.17) is 9.47 Å². The lowest BCUT2D eigenvalue weighted by molar-refractivity contribution is 0.0261. The van der Waals surface area contributed by atoms with Crippen molar-refractivity contribution in [3.8, 4) is 5.75 Å². The van der Waals surface area contributed by atoms with E-state index in [9.17, 15) is 4.79 Å². The lowest BCUT2D eigenvalue weighted by atomic mass is 9.90. The molecule has 4 nitrogen and oxygen atoms in total. The molecule has 2 unspecified atom stereocenters. The van der Waals surface area contributed by atoms with Crippen molar-refractivity contribution in [2.75, 3.05) is 20.2 Å². The van der Waals surface area contributed by atoms with Gasteiger partial charge in [0.05, 0.1) is 12.7 Å². The highest BCUT2D eigenvalue weighted by Gasteiger charge is 2.32. The lowest BCUT2D eigenvalue weighted by Crippen LogP contribution is -2.49. The highest BCUT2D eigenvalue weighted by atomic mass is 16.5. The summed E-state index contributed by atoms with van der Waals surface area (Å²) in [5.41, 5.74) is 0.566. The minimum Gasteiger partial charge on any atom is -0.489 e. The van der Waals surface area contributed by atoms with E-state index >= 15 is 0 Å². The predicted octanol–water partition coefficient (Wildman–Crippen LogP) is 3.65. The molecule has 2 atom stereocenters. The summed E-state index contributed by atoms with van der Waals surface area (Å²) < 4.78 is 11.0. The third kappa shape index (κ3) is 4.05. The molecule has 0 radical (unpaired) electrons. The lowest BCUT2D eigenvalue weighted by Gasteiger charge is -2.41. The summed E-state index contributed by atoms with van der Waals surface area (Å²) in [6, 6.07) is 7.87. The molecular weight excluding hydrogens is 290 g/mol. The van der Waals surface area contributed by atoms with E-state index in [1.165, 1.54) is 58.7 Å². The monoisotopic (exact) mass is 317 g/mol. The van der Waals surface area contributed by atoms with Gasteiger partial charge in [-0.3, -0.25) is 4.90 Å². The number of hydrogen-bond acceptors (Lipinski definition) is 4. The maximum atomic E-state index is 11.5. The van der Waals surface area contributed by atoms with E-state index in [-0.39, 0.29) is 12.1 Å². The molecule has 23 heavy (non-hydrogen) atoms. The molecule has 2 fully saturated rings. The minimum absolute atomic E-state index is 0.269. The molecule has 1 saturated carbocycles. The van der Waals surface area contributed by atoms with Crippen molar-refractivity contribution in [2.24, 2.45) is 0 Å². The zero-order valence-electron chi connectivity index (χ0n) is 14.0. The number of benzene rings is 1. The average molecular weight is 317 g/mol. The van der Waals surface area contributed by atoms with Crippen molar-refractivity contribution < 1.29 is 14.3 Å². The molecule has 3 rings (SSSR count). The van der Waals surface area contributed by atoms with E-state index in [1.807, 2.05) is 12.1 Å². The Morgan fingerprint density at radius 1 is 1.00 bits per heavy atom. The Balaban J connectivity index is 1.65. The Labute approximate surface area is 138 Å². The van der Waals surface area contributed by atoms with Gasteiger partial charge in [0, 0.05) is 6.04 Å². The normalized spacial score (nSPS) is 25.8. The van der Waals surface area contributed by atoms with Crippen molar-refractivity contribution in [3.05, 3.63) is 29.8 Å². The van der Waals surface area contributed by atoms with Gasteiger partial charge in [0.1, 0.15) is 11.9 Å². The Kier molecular flexibility index (Phi) is 5.55. The van der Waals surface area contributed by atoms with Gasteiger partial charge in [0.15, 0.2) is 0 Å². The maximum absolute atomic E-state index is 11.5. The van der Waals surface area contributed by atoms with Gasteiger partial charge < -0.3 is 9.47 Å². The van der Waals surface area contributed by atoms with Gasteiger partial charge in [0.25, 0.3) is 0 Å². The van der Waals surface area contributed by atoms with Gasteiger partial charge in [0.2, 0.25) is 0 Å². The Hall–Kier alpha value is -1.55. The first-order valence-electron chi connectivity index (χ1n) is 8.87. The van der Waals surface area contributed by atoms with Crippen LogP contribution in [0, 0.1) is 0 Å². The zero-order chi connectivity index (χ0) is 16.1. The second-order valence-electron chi connectivity index (χ2n) is 6.62. The number of piperidine rings is 1. The third-order valence-corrected chi connectivity index (χ3v) is 5.09. The number of esters is 1. The molecule has 0 aromatic heterocycles. The minimum atomic E-state index is -0.305. The van der Waals surface area contributed by atoms with Gasteiger partial charge in [-0.1, -0.05) is 12.8 Å². The van der Waals surface area contributed by atoms with Crippen molar-refractivity contribution in [3.63, 3.8) is 0 Å². The van der Waals surface area contributed by atoms with Gasteiger partial charge in [-0.05, 0) is 69.5 Å². The van der Waals surface area contributed by atoms with Gasteiger partial charge in [-0.25, -0.2) is 4.79 Å². The molecule has 1 saturated heterocycles. The number of ether oxygens (including phenoxy) is 2. The first-order valence-corrected chi connectivity index (χ1v) is 8.87. The quantitative estimate of drug-likeness (QED) is 0.795. The van der Waals surface area contributed by atoms with Crippen LogP contribution in [0.15, 0.2) is 24.3 Å². The Morgan fingerprint density at radius 3 is 2.39 bits per heavy atom. The Bertz CT molecular complexity index is 508. The van der Waals surface area contributed by atoms with Gasteiger partial charge in [-0.15, -0.1) is 0 Å². The van der Waals surface area contributed by atoms with E-state index < -0.39 is 0 Å². The van der Waals surface area contributed by atoms with Crippen LogP contribution in [0.3, 0.4) is 0 Å². The van der Waals surface area contributed by atoms with Crippen LogP contribution < -0.4 is 4.74 Å². The molecule has 2 aliphatic rings. The average Bonchev–Trinajstić information content (AvgIpc) is 2.63. The fraction of sp³-hybridized carbons (Fsp3) is 0.632. The molecule has 0 bridgehead atoms. The zero-order valence-corrected chi connectivity index (χ0v) is 14.0. The molecule has 4 heteroatoms.